The van der Waals surface area contributed by atoms with Crippen LogP contribution in [0.4, 0.5) is 11.5 Å². The molecule has 1 aromatic heterocycles. The summed E-state index contributed by atoms with van der Waals surface area (Å²) in [5.41, 5.74) is 4.07. The van der Waals surface area contributed by atoms with E-state index in [0.717, 1.165) is 47.6 Å². The van der Waals surface area contributed by atoms with Crippen LogP contribution >= 0.6 is 0 Å². The Balaban J connectivity index is 1.62. The Kier molecular flexibility index (Phi) is 3.40. The molecule has 4 rings (SSSR count). The number of carbonyl (C=O) groups excluding carboxylic acids is 2. The number of anilines is 2. The van der Waals surface area contributed by atoms with E-state index in [4.69, 9.17) is 0 Å². The monoisotopic (exact) mass is 324 g/mol. The predicted molar refractivity (Wildman–Crippen MR) is 91.0 cm³/mol. The smallest absolute Gasteiger partial charge is 0.249 e. The van der Waals surface area contributed by atoms with E-state index in [1.165, 1.54) is 6.92 Å². The molecule has 0 bridgehead atoms. The summed E-state index contributed by atoms with van der Waals surface area (Å²) in [5, 5.41) is 7.51. The van der Waals surface area contributed by atoms with Gasteiger partial charge in [0.1, 0.15) is 11.9 Å². The Morgan fingerprint density at radius 2 is 2.04 bits per heavy atom. The molecule has 6 nitrogen and oxygen atoms in total. The number of benzene rings is 1. The van der Waals surface area contributed by atoms with Crippen molar-refractivity contribution in [2.75, 3.05) is 10.2 Å². The number of carbonyl (C=O) groups is 2. The zero-order valence-electron chi connectivity index (χ0n) is 13.9. The van der Waals surface area contributed by atoms with Crippen LogP contribution in [0.5, 0.6) is 0 Å². The van der Waals surface area contributed by atoms with E-state index in [9.17, 15) is 9.59 Å². The van der Waals surface area contributed by atoms with Gasteiger partial charge in [-0.15, -0.1) is 0 Å². The minimum Gasteiger partial charge on any atom is -0.309 e. The second-order valence-corrected chi connectivity index (χ2v) is 6.48. The van der Waals surface area contributed by atoms with Crippen molar-refractivity contribution in [1.82, 2.24) is 9.78 Å². The molecule has 0 fully saturated rings. The summed E-state index contributed by atoms with van der Waals surface area (Å²) in [5.74, 6) is 0.501. The molecule has 0 spiro atoms. The first-order valence-corrected chi connectivity index (χ1v) is 8.29. The maximum Gasteiger partial charge on any atom is 0.249 e. The third-order valence-electron chi connectivity index (χ3n) is 4.93. The van der Waals surface area contributed by atoms with Crippen molar-refractivity contribution < 1.29 is 9.59 Å². The largest absolute Gasteiger partial charge is 0.309 e. The summed E-state index contributed by atoms with van der Waals surface area (Å²) >= 11 is 0. The number of hydrogen-bond donors (Lipinski definition) is 1. The molecule has 6 heteroatoms. The summed E-state index contributed by atoms with van der Waals surface area (Å²) in [7, 11) is 1.85. The van der Waals surface area contributed by atoms with Gasteiger partial charge in [-0.05, 0) is 30.9 Å². The molecular weight excluding hydrogens is 304 g/mol. The highest BCUT2D eigenvalue weighted by atomic mass is 16.2. The molecule has 0 unspecified atom stereocenters. The van der Waals surface area contributed by atoms with Gasteiger partial charge in [-0.1, -0.05) is 18.2 Å². The van der Waals surface area contributed by atoms with Crippen molar-refractivity contribution in [2.45, 2.75) is 38.6 Å². The second kappa shape index (κ2) is 5.47. The summed E-state index contributed by atoms with van der Waals surface area (Å²) in [6.45, 7) is 1.50. The molecule has 0 radical (unpaired) electrons. The maximum absolute atomic E-state index is 12.9. The van der Waals surface area contributed by atoms with E-state index in [1.54, 1.807) is 9.58 Å². The predicted octanol–water partition coefficient (Wildman–Crippen LogP) is 1.83. The molecule has 2 amide bonds. The van der Waals surface area contributed by atoms with E-state index >= 15 is 0 Å². The van der Waals surface area contributed by atoms with Gasteiger partial charge >= 0.3 is 0 Å². The maximum atomic E-state index is 12.9. The van der Waals surface area contributed by atoms with Crippen LogP contribution in [0.2, 0.25) is 0 Å². The Hall–Kier alpha value is -2.63. The van der Waals surface area contributed by atoms with Crippen molar-refractivity contribution in [1.29, 1.82) is 0 Å². The van der Waals surface area contributed by atoms with E-state index in [2.05, 4.69) is 10.4 Å². The number of nitrogens with zero attached hydrogens (tertiary/aromatic N) is 3. The number of aryl methyl sites for hydroxylation is 2. The van der Waals surface area contributed by atoms with Gasteiger partial charge in [-0.3, -0.25) is 19.2 Å². The lowest BCUT2D eigenvalue weighted by Gasteiger charge is -2.23. The van der Waals surface area contributed by atoms with E-state index in [0.29, 0.717) is 6.42 Å². The molecule has 124 valence electrons. The molecule has 2 heterocycles. The summed E-state index contributed by atoms with van der Waals surface area (Å²) in [4.78, 5) is 26.6. The lowest BCUT2D eigenvalue weighted by atomic mass is 10.1. The van der Waals surface area contributed by atoms with Crippen LogP contribution in [0.1, 0.15) is 30.2 Å². The zero-order chi connectivity index (χ0) is 16.8. The van der Waals surface area contributed by atoms with Gasteiger partial charge in [0.15, 0.2) is 0 Å². The third-order valence-corrected chi connectivity index (χ3v) is 4.93. The fourth-order valence-electron chi connectivity index (χ4n) is 3.86. The lowest BCUT2D eigenvalue weighted by Crippen LogP contribution is -2.44. The average molecular weight is 324 g/mol. The molecule has 24 heavy (non-hydrogen) atoms. The Bertz CT molecular complexity index is 840. The quantitative estimate of drug-likeness (QED) is 0.916. The fourth-order valence-corrected chi connectivity index (χ4v) is 3.86. The highest BCUT2D eigenvalue weighted by molar-refractivity contribution is 6.06. The zero-order valence-corrected chi connectivity index (χ0v) is 13.9. The number of para-hydroxylation sites is 1. The van der Waals surface area contributed by atoms with Gasteiger partial charge in [0, 0.05) is 31.6 Å². The van der Waals surface area contributed by atoms with Crippen molar-refractivity contribution in [3.8, 4) is 0 Å². The Morgan fingerprint density at radius 3 is 2.83 bits per heavy atom. The van der Waals surface area contributed by atoms with Crippen LogP contribution in [0.15, 0.2) is 24.3 Å². The molecule has 2 aromatic rings. The molecule has 1 aromatic carbocycles. The summed E-state index contributed by atoms with van der Waals surface area (Å²) < 4.78 is 1.74. The minimum atomic E-state index is -0.508. The van der Waals surface area contributed by atoms with Crippen molar-refractivity contribution in [2.24, 2.45) is 7.05 Å². The first-order valence-electron chi connectivity index (χ1n) is 8.29. The highest BCUT2D eigenvalue weighted by Gasteiger charge is 2.37. The number of hydrogen-bond acceptors (Lipinski definition) is 3. The standard InChI is InChI=1S/C18H20N4O2/c1-11(23)22-15-9-4-3-6-12(15)10-16(22)18(24)19-17-13-7-5-8-14(13)20-21(17)2/h3-4,6,9,16H,5,7-8,10H2,1-2H3,(H,19,24)/t16-/m0/s1. The van der Waals surface area contributed by atoms with Gasteiger partial charge in [0.25, 0.3) is 0 Å². The molecule has 0 saturated carbocycles. The van der Waals surface area contributed by atoms with E-state index in [-0.39, 0.29) is 11.8 Å². The van der Waals surface area contributed by atoms with Crippen LogP contribution in [0.25, 0.3) is 0 Å². The third kappa shape index (κ3) is 2.21. The van der Waals surface area contributed by atoms with Crippen LogP contribution in [-0.2, 0) is 35.9 Å². The SMILES string of the molecule is CC(=O)N1c2ccccc2C[C@H]1C(=O)Nc1c2c(nn1C)CCC2. The first-order chi connectivity index (χ1) is 11.6. The molecular formula is C18H20N4O2. The molecule has 1 aliphatic carbocycles. The molecule has 1 atom stereocenters. The fraction of sp³-hybridized carbons (Fsp3) is 0.389. The number of nitrogens with one attached hydrogen (secondary N) is 1. The molecule has 1 aliphatic heterocycles. The number of aromatic nitrogens is 2. The molecule has 0 saturated heterocycles. The Morgan fingerprint density at radius 1 is 1.25 bits per heavy atom. The van der Waals surface area contributed by atoms with E-state index < -0.39 is 6.04 Å². The van der Waals surface area contributed by atoms with Gasteiger partial charge in [-0.2, -0.15) is 5.10 Å². The molecule has 1 N–H and O–H groups in total. The Labute approximate surface area is 140 Å². The lowest BCUT2D eigenvalue weighted by molar-refractivity contribution is -0.122. The van der Waals surface area contributed by atoms with Crippen LogP contribution in [0.3, 0.4) is 0 Å². The van der Waals surface area contributed by atoms with Crippen molar-refractivity contribution in [3.63, 3.8) is 0 Å². The average Bonchev–Trinajstić information content (AvgIpc) is 3.21. The highest BCUT2D eigenvalue weighted by Crippen LogP contribution is 2.33. The summed E-state index contributed by atoms with van der Waals surface area (Å²) in [6.07, 6.45) is 3.53. The van der Waals surface area contributed by atoms with Crippen LogP contribution < -0.4 is 10.2 Å². The van der Waals surface area contributed by atoms with Gasteiger partial charge in [-0.25, -0.2) is 0 Å². The van der Waals surface area contributed by atoms with Crippen LogP contribution in [0, 0.1) is 0 Å². The number of fused-ring (bicyclic) bond motifs is 2. The van der Waals surface area contributed by atoms with Gasteiger partial charge < -0.3 is 5.32 Å². The number of rotatable bonds is 2. The number of amides is 2. The molecule has 2 aliphatic rings. The first kappa shape index (κ1) is 14.9. The normalized spacial score (nSPS) is 18.4. The van der Waals surface area contributed by atoms with Gasteiger partial charge in [0.2, 0.25) is 11.8 Å². The van der Waals surface area contributed by atoms with Crippen molar-refractivity contribution >= 4 is 23.3 Å². The topological polar surface area (TPSA) is 67.2 Å². The minimum absolute atomic E-state index is 0.115. The van der Waals surface area contributed by atoms with Gasteiger partial charge in [0.05, 0.1) is 5.69 Å². The second-order valence-electron chi connectivity index (χ2n) is 6.48. The van der Waals surface area contributed by atoms with Crippen LogP contribution in [-0.4, -0.2) is 27.6 Å². The van der Waals surface area contributed by atoms with Crippen molar-refractivity contribution in [3.05, 3.63) is 41.1 Å². The van der Waals surface area contributed by atoms with E-state index in [1.807, 2.05) is 31.3 Å². The summed E-state index contributed by atoms with van der Waals surface area (Å²) in [6, 6.07) is 7.19.